The van der Waals surface area contributed by atoms with E-state index >= 15 is 0 Å². The molecule has 0 bridgehead atoms. The highest BCUT2D eigenvalue weighted by molar-refractivity contribution is 5.31. The van der Waals surface area contributed by atoms with Crippen LogP contribution in [0.4, 0.5) is 0 Å². The lowest BCUT2D eigenvalue weighted by molar-refractivity contribution is 0.105. The Bertz CT molecular complexity index is 609. The first-order valence-corrected chi connectivity index (χ1v) is 8.06. The summed E-state index contributed by atoms with van der Waals surface area (Å²) in [4.78, 5) is 0. The number of aliphatic hydroxyl groups excluding tert-OH is 1. The van der Waals surface area contributed by atoms with E-state index in [1.54, 1.807) is 0 Å². The lowest BCUT2D eigenvalue weighted by atomic mass is 9.81. The van der Waals surface area contributed by atoms with Crippen LogP contribution < -0.4 is 0 Å². The number of hydrogen-bond donors (Lipinski definition) is 1. The average Bonchev–Trinajstić information content (AvgIpc) is 3.22. The van der Waals surface area contributed by atoms with E-state index in [2.05, 4.69) is 41.2 Å². The van der Waals surface area contributed by atoms with Crippen LogP contribution in [0.25, 0.3) is 0 Å². The maximum absolute atomic E-state index is 9.17. The van der Waals surface area contributed by atoms with Crippen molar-refractivity contribution in [3.05, 3.63) is 53.3 Å². The van der Waals surface area contributed by atoms with Crippen LogP contribution in [0.15, 0.2) is 36.5 Å². The third-order valence-corrected chi connectivity index (χ3v) is 4.88. The Labute approximate surface area is 125 Å². The molecule has 110 valence electrons. The molecule has 0 unspecified atom stereocenters. The van der Waals surface area contributed by atoms with Crippen molar-refractivity contribution < 1.29 is 5.11 Å². The lowest BCUT2D eigenvalue weighted by Gasteiger charge is -2.34. The summed E-state index contributed by atoms with van der Waals surface area (Å²) in [6, 6.07) is 11.2. The molecule has 2 aromatic rings. The van der Waals surface area contributed by atoms with Crippen LogP contribution in [-0.4, -0.2) is 21.5 Å². The first-order chi connectivity index (χ1) is 10.3. The van der Waals surface area contributed by atoms with Crippen LogP contribution in [-0.2, 0) is 6.42 Å². The minimum absolute atomic E-state index is 0.324. The third kappa shape index (κ3) is 2.62. The molecule has 21 heavy (non-hydrogen) atoms. The van der Waals surface area contributed by atoms with E-state index in [-0.39, 0.29) is 0 Å². The van der Waals surface area contributed by atoms with Gasteiger partial charge in [0.05, 0.1) is 11.7 Å². The van der Waals surface area contributed by atoms with E-state index in [0.717, 1.165) is 19.3 Å². The molecule has 0 amide bonds. The molecule has 0 saturated heterocycles. The van der Waals surface area contributed by atoms with Crippen molar-refractivity contribution in [2.45, 2.75) is 44.1 Å². The van der Waals surface area contributed by atoms with Crippen LogP contribution in [0.2, 0.25) is 0 Å². The first-order valence-electron chi connectivity index (χ1n) is 8.06. The first kappa shape index (κ1) is 13.1. The predicted molar refractivity (Wildman–Crippen MR) is 82.3 cm³/mol. The number of aliphatic hydroxyl groups is 1. The SMILES string of the molecule is OC[C@H]1C[C@H](n2cc(Cc3ccccc3)c(C3CC3)n2)C1. The summed E-state index contributed by atoms with van der Waals surface area (Å²) in [6.45, 7) is 0.324. The van der Waals surface area contributed by atoms with Crippen molar-refractivity contribution in [2.24, 2.45) is 5.92 Å². The minimum Gasteiger partial charge on any atom is -0.396 e. The van der Waals surface area contributed by atoms with E-state index in [1.807, 2.05) is 0 Å². The van der Waals surface area contributed by atoms with Gasteiger partial charge >= 0.3 is 0 Å². The monoisotopic (exact) mass is 282 g/mol. The van der Waals surface area contributed by atoms with Gasteiger partial charge in [0.2, 0.25) is 0 Å². The van der Waals surface area contributed by atoms with Gasteiger partial charge in [0.1, 0.15) is 0 Å². The lowest BCUT2D eigenvalue weighted by Crippen LogP contribution is -2.29. The Balaban J connectivity index is 1.56. The van der Waals surface area contributed by atoms with Gasteiger partial charge < -0.3 is 5.11 Å². The van der Waals surface area contributed by atoms with E-state index in [4.69, 9.17) is 5.10 Å². The quantitative estimate of drug-likeness (QED) is 0.913. The van der Waals surface area contributed by atoms with Crippen molar-refractivity contribution >= 4 is 0 Å². The maximum atomic E-state index is 9.17. The van der Waals surface area contributed by atoms with Gasteiger partial charge in [0, 0.05) is 25.1 Å². The average molecular weight is 282 g/mol. The molecule has 2 aliphatic carbocycles. The molecule has 2 fully saturated rings. The van der Waals surface area contributed by atoms with Crippen molar-refractivity contribution in [1.82, 2.24) is 9.78 Å². The second kappa shape index (κ2) is 5.30. The maximum Gasteiger partial charge on any atom is 0.0690 e. The standard InChI is InChI=1S/C18H22N2O/c21-12-14-9-17(10-14)20-11-16(18(19-20)15-6-7-15)8-13-4-2-1-3-5-13/h1-5,11,14-15,17,21H,6-10,12H2/t14-,17-. The fraction of sp³-hybridized carbons (Fsp3) is 0.500. The van der Waals surface area contributed by atoms with Gasteiger partial charge in [-0.05, 0) is 42.7 Å². The highest BCUT2D eigenvalue weighted by atomic mass is 16.3. The highest BCUT2D eigenvalue weighted by Crippen LogP contribution is 2.43. The van der Waals surface area contributed by atoms with Crippen LogP contribution in [0, 0.1) is 5.92 Å². The summed E-state index contributed by atoms with van der Waals surface area (Å²) in [5, 5.41) is 14.1. The molecule has 1 aromatic carbocycles. The second-order valence-corrected chi connectivity index (χ2v) is 6.63. The van der Waals surface area contributed by atoms with Crippen molar-refractivity contribution in [1.29, 1.82) is 0 Å². The number of nitrogens with zero attached hydrogens (tertiary/aromatic N) is 2. The molecule has 0 radical (unpaired) electrons. The summed E-state index contributed by atoms with van der Waals surface area (Å²) >= 11 is 0. The van der Waals surface area contributed by atoms with E-state index in [9.17, 15) is 5.11 Å². The Morgan fingerprint density at radius 2 is 1.90 bits per heavy atom. The zero-order chi connectivity index (χ0) is 14.2. The Hall–Kier alpha value is -1.61. The summed E-state index contributed by atoms with van der Waals surface area (Å²) in [7, 11) is 0. The third-order valence-electron chi connectivity index (χ3n) is 4.88. The fourth-order valence-corrected chi connectivity index (χ4v) is 3.35. The van der Waals surface area contributed by atoms with Crippen molar-refractivity contribution in [3.8, 4) is 0 Å². The number of benzene rings is 1. The molecule has 1 N–H and O–H groups in total. The minimum atomic E-state index is 0.324. The van der Waals surface area contributed by atoms with Gasteiger partial charge in [-0.2, -0.15) is 5.10 Å². The number of rotatable bonds is 5. The normalized spacial score (nSPS) is 24.8. The van der Waals surface area contributed by atoms with Crippen LogP contribution in [0.5, 0.6) is 0 Å². The highest BCUT2D eigenvalue weighted by Gasteiger charge is 2.34. The van der Waals surface area contributed by atoms with Crippen LogP contribution in [0.3, 0.4) is 0 Å². The molecule has 1 heterocycles. The molecular formula is C18H22N2O. The Morgan fingerprint density at radius 3 is 2.57 bits per heavy atom. The fourth-order valence-electron chi connectivity index (χ4n) is 3.35. The topological polar surface area (TPSA) is 38.0 Å². The largest absolute Gasteiger partial charge is 0.396 e. The van der Waals surface area contributed by atoms with Crippen molar-refractivity contribution in [2.75, 3.05) is 6.61 Å². The number of hydrogen-bond acceptors (Lipinski definition) is 2. The van der Waals surface area contributed by atoms with Gasteiger partial charge in [0.15, 0.2) is 0 Å². The molecule has 0 atom stereocenters. The number of aromatic nitrogens is 2. The second-order valence-electron chi connectivity index (χ2n) is 6.63. The van der Waals surface area contributed by atoms with Gasteiger partial charge in [-0.1, -0.05) is 30.3 Å². The Morgan fingerprint density at radius 1 is 1.14 bits per heavy atom. The predicted octanol–water partition coefficient (Wildman–Crippen LogP) is 3.29. The van der Waals surface area contributed by atoms with Gasteiger partial charge in [-0.3, -0.25) is 4.68 Å². The molecule has 1 aromatic heterocycles. The van der Waals surface area contributed by atoms with Gasteiger partial charge in [-0.15, -0.1) is 0 Å². The Kier molecular flexibility index (Phi) is 3.30. The molecule has 2 saturated carbocycles. The van der Waals surface area contributed by atoms with E-state index in [0.29, 0.717) is 24.5 Å². The van der Waals surface area contributed by atoms with Gasteiger partial charge in [0.25, 0.3) is 0 Å². The van der Waals surface area contributed by atoms with E-state index in [1.165, 1.54) is 29.7 Å². The van der Waals surface area contributed by atoms with Crippen LogP contribution in [0.1, 0.15) is 54.5 Å². The smallest absolute Gasteiger partial charge is 0.0690 e. The zero-order valence-electron chi connectivity index (χ0n) is 12.3. The molecular weight excluding hydrogens is 260 g/mol. The molecule has 0 spiro atoms. The molecule has 4 rings (SSSR count). The molecule has 0 aliphatic heterocycles. The molecule has 3 nitrogen and oxygen atoms in total. The van der Waals surface area contributed by atoms with Crippen molar-refractivity contribution in [3.63, 3.8) is 0 Å². The van der Waals surface area contributed by atoms with Gasteiger partial charge in [-0.25, -0.2) is 0 Å². The zero-order valence-corrected chi connectivity index (χ0v) is 12.3. The summed E-state index contributed by atoms with van der Waals surface area (Å²) in [5.74, 6) is 1.18. The molecule has 3 heteroatoms. The molecule has 2 aliphatic rings. The van der Waals surface area contributed by atoms with E-state index < -0.39 is 0 Å². The van der Waals surface area contributed by atoms with Crippen LogP contribution >= 0.6 is 0 Å². The summed E-state index contributed by atoms with van der Waals surface area (Å²) in [5.41, 5.74) is 4.09. The summed E-state index contributed by atoms with van der Waals surface area (Å²) < 4.78 is 2.18. The summed E-state index contributed by atoms with van der Waals surface area (Å²) in [6.07, 6.45) is 7.99.